The van der Waals surface area contributed by atoms with Gasteiger partial charge in [-0.25, -0.2) is 0 Å². The van der Waals surface area contributed by atoms with E-state index in [0.29, 0.717) is 23.4 Å². The van der Waals surface area contributed by atoms with Gasteiger partial charge >= 0.3 is 0 Å². The monoisotopic (exact) mass is 598 g/mol. The predicted molar refractivity (Wildman–Crippen MR) is 165 cm³/mol. The summed E-state index contributed by atoms with van der Waals surface area (Å²) in [6, 6.07) is 14.2. The zero-order valence-corrected chi connectivity index (χ0v) is 26.6. The molecule has 0 aliphatic carbocycles. The third kappa shape index (κ3) is 7.20. The van der Waals surface area contributed by atoms with E-state index in [4.69, 9.17) is 4.43 Å². The second-order valence-corrected chi connectivity index (χ2v) is 19.5. The van der Waals surface area contributed by atoms with Crippen LogP contribution in [0.4, 0.5) is 5.69 Å². The van der Waals surface area contributed by atoms with E-state index in [1.165, 1.54) is 0 Å². The van der Waals surface area contributed by atoms with Crippen LogP contribution < -0.4 is 5.32 Å². The minimum Gasteiger partial charge on any atom is -0.413 e. The average molecular weight is 599 g/mol. The number of carbonyl (C=O) groups excluding carboxylic acids is 2. The number of nitrogens with zero attached hydrogens (tertiary/aromatic N) is 3. The van der Waals surface area contributed by atoms with E-state index in [1.54, 1.807) is 36.2 Å². The van der Waals surface area contributed by atoms with E-state index >= 15 is 0 Å². The lowest BCUT2D eigenvalue weighted by Gasteiger charge is -2.38. The second kappa shape index (κ2) is 11.9. The zero-order valence-electron chi connectivity index (χ0n) is 24.8. The van der Waals surface area contributed by atoms with E-state index in [0.717, 1.165) is 25.1 Å². The Morgan fingerprint density at radius 2 is 2.00 bits per heavy atom. The fourth-order valence-corrected chi connectivity index (χ4v) is 7.87. The normalized spacial score (nSPS) is 20.5. The lowest BCUT2D eigenvalue weighted by atomic mass is 10.0. The topological polar surface area (TPSA) is 126 Å². The Balaban J connectivity index is 1.52. The van der Waals surface area contributed by atoms with Crippen LogP contribution in [-0.2, 0) is 20.4 Å². The van der Waals surface area contributed by atoms with Gasteiger partial charge in [0.2, 0.25) is 11.8 Å². The van der Waals surface area contributed by atoms with Crippen molar-refractivity contribution in [3.05, 3.63) is 59.2 Å². The first-order chi connectivity index (χ1) is 19.1. The van der Waals surface area contributed by atoms with Gasteiger partial charge in [-0.05, 0) is 59.9 Å². The van der Waals surface area contributed by atoms with Crippen molar-refractivity contribution in [1.29, 1.82) is 5.26 Å². The maximum Gasteiger partial charge on any atom is 0.244 e. The molecule has 4 rings (SSSR count). The highest BCUT2D eigenvalue weighted by Crippen LogP contribution is 2.53. The van der Waals surface area contributed by atoms with E-state index in [2.05, 4.69) is 50.2 Å². The number of likely N-dealkylation sites (tertiary alicyclic amines) is 1. The fraction of sp³-hybridized carbons (Fsp3) is 0.500. The first kappa shape index (κ1) is 31.2. The number of carbonyl (C=O) groups is 2. The number of hydrogen-bond acceptors (Lipinski definition) is 7. The van der Waals surface area contributed by atoms with Gasteiger partial charge in [0.1, 0.15) is 5.75 Å². The van der Waals surface area contributed by atoms with Gasteiger partial charge in [-0.15, -0.1) is 0 Å². The quantitative estimate of drug-likeness (QED) is 0.345. The number of nitrogens with one attached hydrogen (secondary N) is 1. The first-order valence-corrected chi connectivity index (χ1v) is 18.6. The molecule has 0 radical (unpaired) electrons. The summed E-state index contributed by atoms with van der Waals surface area (Å²) in [5.41, 5.74) is 2.42. The molecule has 2 atom stereocenters. The third-order valence-corrected chi connectivity index (χ3v) is 14.8. The molecule has 41 heavy (non-hydrogen) atoms. The highest BCUT2D eigenvalue weighted by atomic mass is 32.3. The van der Waals surface area contributed by atoms with Crippen LogP contribution in [0, 0.1) is 11.3 Å². The largest absolute Gasteiger partial charge is 0.413 e. The van der Waals surface area contributed by atoms with Gasteiger partial charge < -0.3 is 14.6 Å². The molecule has 2 aliphatic rings. The molecule has 0 aromatic heterocycles. The molecule has 2 amide bonds. The Bertz CT molecular complexity index is 1350. The van der Waals surface area contributed by atoms with Crippen molar-refractivity contribution in [3.63, 3.8) is 0 Å². The number of hydrogen-bond donors (Lipinski definition) is 3. The molecule has 2 aromatic carbocycles. The van der Waals surface area contributed by atoms with Crippen molar-refractivity contribution in [2.45, 2.75) is 68.8 Å². The average Bonchev–Trinajstić information content (AvgIpc) is 3.31. The highest BCUT2D eigenvalue weighted by Gasteiger charge is 2.41. The molecular formula is C30H42N4O5SSi. The van der Waals surface area contributed by atoms with Crippen LogP contribution in [0.25, 0.3) is 0 Å². The Hall–Kier alpha value is -2.72. The number of amides is 2. The van der Waals surface area contributed by atoms with Crippen LogP contribution in [0.5, 0.6) is 0 Å². The van der Waals surface area contributed by atoms with Gasteiger partial charge in [-0.2, -0.15) is 15.9 Å². The van der Waals surface area contributed by atoms with Crippen molar-refractivity contribution in [3.8, 4) is 6.07 Å². The molecule has 222 valence electrons. The Morgan fingerprint density at radius 1 is 1.27 bits per heavy atom. The summed E-state index contributed by atoms with van der Waals surface area (Å²) >= 11 is 0. The summed E-state index contributed by atoms with van der Waals surface area (Å²) in [5.74, 6) is -0.945. The fourth-order valence-electron chi connectivity index (χ4n) is 5.15. The molecule has 0 unspecified atom stereocenters. The number of benzene rings is 2. The van der Waals surface area contributed by atoms with Crippen LogP contribution in [-0.4, -0.2) is 77.6 Å². The van der Waals surface area contributed by atoms with E-state index < -0.39 is 24.8 Å². The van der Waals surface area contributed by atoms with E-state index in [9.17, 15) is 24.0 Å². The number of nitriles is 1. The molecule has 11 heteroatoms. The molecule has 2 heterocycles. The van der Waals surface area contributed by atoms with Gasteiger partial charge in [-0.3, -0.25) is 23.6 Å². The smallest absolute Gasteiger partial charge is 0.244 e. The lowest BCUT2D eigenvalue weighted by molar-refractivity contribution is -0.131. The molecule has 1 fully saturated rings. The van der Waals surface area contributed by atoms with Crippen LogP contribution in [0.1, 0.15) is 49.9 Å². The molecule has 2 aliphatic heterocycles. The maximum atomic E-state index is 13.6. The Kier molecular flexibility index (Phi) is 9.04. The molecule has 0 saturated carbocycles. The molecule has 3 N–H and O–H groups in total. The summed E-state index contributed by atoms with van der Waals surface area (Å²) in [6.07, 6.45) is 1.17. The maximum absolute atomic E-state index is 13.6. The van der Waals surface area contributed by atoms with Crippen LogP contribution >= 0.6 is 10.6 Å². The number of rotatable bonds is 8. The Morgan fingerprint density at radius 3 is 2.68 bits per heavy atom. The summed E-state index contributed by atoms with van der Waals surface area (Å²) in [7, 11) is -3.32. The van der Waals surface area contributed by atoms with Gasteiger partial charge in [0.25, 0.3) is 0 Å². The minimum atomic E-state index is -3.19. The third-order valence-electron chi connectivity index (χ3n) is 8.55. The first-order valence-electron chi connectivity index (χ1n) is 13.9. The molecule has 0 spiro atoms. The van der Waals surface area contributed by atoms with Crippen LogP contribution in [0.15, 0.2) is 47.4 Å². The minimum absolute atomic E-state index is 0.0738. The summed E-state index contributed by atoms with van der Waals surface area (Å²) in [5, 5.41) is 12.3. The number of fused-ring (bicyclic) bond motifs is 1. The second-order valence-electron chi connectivity index (χ2n) is 12.7. The van der Waals surface area contributed by atoms with Gasteiger partial charge in [0.05, 0.1) is 40.8 Å². The molecule has 9 nitrogen and oxygen atoms in total. The van der Waals surface area contributed by atoms with Crippen LogP contribution in [0.2, 0.25) is 18.1 Å². The summed E-state index contributed by atoms with van der Waals surface area (Å²) in [6.45, 7) is 13.5. The predicted octanol–water partition coefficient (Wildman–Crippen LogP) is 5.46. The van der Waals surface area contributed by atoms with Crippen molar-refractivity contribution in [2.75, 3.05) is 37.8 Å². The summed E-state index contributed by atoms with van der Waals surface area (Å²) in [4.78, 5) is 29.9. The van der Waals surface area contributed by atoms with Crippen molar-refractivity contribution < 1.29 is 23.1 Å². The van der Waals surface area contributed by atoms with Gasteiger partial charge in [0, 0.05) is 26.7 Å². The number of anilines is 1. The van der Waals surface area contributed by atoms with Crippen molar-refractivity contribution >= 4 is 36.4 Å². The number of likely N-dealkylation sites (N-methyl/N-ethyl adjacent to an activating group) is 1. The highest BCUT2D eigenvalue weighted by molar-refractivity contribution is 8.25. The molecule has 2 aromatic rings. The standard InChI is InChI=1S/C30H42N4O5SSi/c1-30(2,3)41(5,6)39-24-12-13-34(18-24)19-26(23-9-7-8-22(14-23)17-31)33(4)29(36)16-21-10-11-27-25(15-21)32-28(35)20-40(27,37)38/h7-11,14-15,24,26,37-38H,12-13,16,18-20H2,1-6H3,(H,32,35)/t24-,26+/m0/s1. The molecule has 0 bridgehead atoms. The van der Waals surface area contributed by atoms with Gasteiger partial charge in [0.15, 0.2) is 8.32 Å². The SMILES string of the molecule is CN(C(=O)Cc1ccc2c(c1)NC(=O)CS2(O)O)[C@H](CN1CC[C@H](O[Si](C)(C)C(C)(C)C)C1)c1cccc(C#N)c1. The Labute approximate surface area is 246 Å². The van der Waals surface area contributed by atoms with Crippen LogP contribution in [0.3, 0.4) is 0 Å². The van der Waals surface area contributed by atoms with Gasteiger partial charge in [-0.1, -0.05) is 39.0 Å². The zero-order chi connectivity index (χ0) is 30.2. The summed E-state index contributed by atoms with van der Waals surface area (Å²) < 4.78 is 27.3. The van der Waals surface area contributed by atoms with Crippen molar-refractivity contribution in [2.24, 2.45) is 0 Å². The molecular weight excluding hydrogens is 557 g/mol. The van der Waals surface area contributed by atoms with E-state index in [-0.39, 0.29) is 40.2 Å². The van der Waals surface area contributed by atoms with E-state index in [1.807, 2.05) is 18.2 Å². The lowest BCUT2D eigenvalue weighted by Crippen LogP contribution is -2.45. The van der Waals surface area contributed by atoms with Crippen molar-refractivity contribution in [1.82, 2.24) is 9.80 Å². The molecule has 1 saturated heterocycles.